The number of hydrogen-bond donors (Lipinski definition) is 0. The van der Waals surface area contributed by atoms with Crippen molar-refractivity contribution in [2.24, 2.45) is 4.99 Å². The fourth-order valence-electron chi connectivity index (χ4n) is 2.21. The Morgan fingerprint density at radius 3 is 2.74 bits per heavy atom. The van der Waals surface area contributed by atoms with E-state index in [4.69, 9.17) is 32.7 Å². The highest BCUT2D eigenvalue weighted by atomic mass is 35.5. The average molecular weight is 406 g/mol. The van der Waals surface area contributed by atoms with E-state index in [-0.39, 0.29) is 18.2 Å². The van der Waals surface area contributed by atoms with E-state index in [0.29, 0.717) is 26.9 Å². The Hall–Kier alpha value is -2.83. The van der Waals surface area contributed by atoms with Crippen molar-refractivity contribution in [2.45, 2.75) is 0 Å². The molecule has 0 saturated carbocycles. The standard InChI is InChI=1S/C19H13Cl2NO5/c1-25-17(23)10-26-13-4-2-3-11(7-13)8-16-19(24)27-18(22-16)12-5-6-14(20)15(21)9-12/h2-9H,10H2,1H3/b16-8-. The molecule has 1 aliphatic rings. The largest absolute Gasteiger partial charge is 0.482 e. The van der Waals surface area contributed by atoms with Gasteiger partial charge in [-0.25, -0.2) is 14.6 Å². The van der Waals surface area contributed by atoms with Crippen LogP contribution in [-0.2, 0) is 19.1 Å². The molecule has 0 fully saturated rings. The fraction of sp³-hybridized carbons (Fsp3) is 0.105. The third-order valence-electron chi connectivity index (χ3n) is 3.53. The molecule has 3 rings (SSSR count). The summed E-state index contributed by atoms with van der Waals surface area (Å²) in [6.45, 7) is -0.210. The predicted molar refractivity (Wildman–Crippen MR) is 101 cm³/mol. The zero-order chi connectivity index (χ0) is 19.4. The minimum atomic E-state index is -0.586. The number of ether oxygens (including phenoxy) is 3. The first kappa shape index (κ1) is 18.9. The molecule has 0 bridgehead atoms. The highest BCUT2D eigenvalue weighted by Gasteiger charge is 2.24. The van der Waals surface area contributed by atoms with Crippen molar-refractivity contribution in [3.8, 4) is 5.75 Å². The van der Waals surface area contributed by atoms with E-state index in [0.717, 1.165) is 0 Å². The Labute approximate surface area is 165 Å². The van der Waals surface area contributed by atoms with Crippen molar-refractivity contribution in [1.29, 1.82) is 0 Å². The first-order valence-electron chi connectivity index (χ1n) is 7.74. The molecule has 8 heteroatoms. The van der Waals surface area contributed by atoms with Crippen LogP contribution >= 0.6 is 23.2 Å². The van der Waals surface area contributed by atoms with Gasteiger partial charge in [-0.05, 0) is 42.0 Å². The second-order valence-electron chi connectivity index (χ2n) is 5.40. The molecule has 27 heavy (non-hydrogen) atoms. The van der Waals surface area contributed by atoms with Crippen LogP contribution in [-0.4, -0.2) is 31.6 Å². The lowest BCUT2D eigenvalue weighted by Gasteiger charge is -2.05. The maximum absolute atomic E-state index is 12.1. The number of nitrogens with zero attached hydrogens (tertiary/aromatic N) is 1. The second kappa shape index (κ2) is 8.24. The van der Waals surface area contributed by atoms with Crippen molar-refractivity contribution < 1.29 is 23.8 Å². The van der Waals surface area contributed by atoms with E-state index in [1.165, 1.54) is 7.11 Å². The molecular formula is C19H13Cl2NO5. The second-order valence-corrected chi connectivity index (χ2v) is 6.22. The molecule has 0 aromatic heterocycles. The maximum atomic E-state index is 12.1. The summed E-state index contributed by atoms with van der Waals surface area (Å²) in [6.07, 6.45) is 1.55. The highest BCUT2D eigenvalue weighted by Crippen LogP contribution is 2.26. The lowest BCUT2D eigenvalue weighted by atomic mass is 10.2. The van der Waals surface area contributed by atoms with Gasteiger partial charge in [0.05, 0.1) is 17.2 Å². The summed E-state index contributed by atoms with van der Waals surface area (Å²) in [6, 6.07) is 11.7. The zero-order valence-corrected chi connectivity index (χ0v) is 15.6. The van der Waals surface area contributed by atoms with Gasteiger partial charge in [-0.15, -0.1) is 0 Å². The van der Waals surface area contributed by atoms with Crippen molar-refractivity contribution in [3.05, 3.63) is 69.3 Å². The molecular weight excluding hydrogens is 393 g/mol. The molecule has 6 nitrogen and oxygen atoms in total. The van der Waals surface area contributed by atoms with E-state index in [9.17, 15) is 9.59 Å². The van der Waals surface area contributed by atoms with Crippen LogP contribution in [0.3, 0.4) is 0 Å². The SMILES string of the molecule is COC(=O)COc1cccc(/C=C2\N=C(c3ccc(Cl)c(Cl)c3)OC2=O)c1. The first-order chi connectivity index (χ1) is 13.0. The number of halogens is 2. The third-order valence-corrected chi connectivity index (χ3v) is 4.27. The smallest absolute Gasteiger partial charge is 0.363 e. The Bertz CT molecular complexity index is 968. The molecule has 2 aromatic carbocycles. The number of benzene rings is 2. The average Bonchev–Trinajstić information content (AvgIpc) is 3.02. The minimum Gasteiger partial charge on any atom is -0.482 e. The van der Waals surface area contributed by atoms with Gasteiger partial charge in [0.1, 0.15) is 5.75 Å². The van der Waals surface area contributed by atoms with Crippen molar-refractivity contribution >= 4 is 47.1 Å². The Morgan fingerprint density at radius 2 is 2.00 bits per heavy atom. The van der Waals surface area contributed by atoms with E-state index < -0.39 is 11.9 Å². The number of carbonyl (C=O) groups is 2. The number of hydrogen-bond acceptors (Lipinski definition) is 6. The molecule has 0 atom stereocenters. The molecule has 0 spiro atoms. The van der Waals surface area contributed by atoms with Crippen LogP contribution in [0, 0.1) is 0 Å². The van der Waals surface area contributed by atoms with Crippen LogP contribution < -0.4 is 4.74 Å². The van der Waals surface area contributed by atoms with Crippen LogP contribution in [0.15, 0.2) is 53.2 Å². The van der Waals surface area contributed by atoms with Crippen molar-refractivity contribution in [2.75, 3.05) is 13.7 Å². The van der Waals surface area contributed by atoms with Crippen LogP contribution in [0.5, 0.6) is 5.75 Å². The Kier molecular flexibility index (Phi) is 5.78. The van der Waals surface area contributed by atoms with Crippen LogP contribution in [0.2, 0.25) is 10.0 Å². The third kappa shape index (κ3) is 4.67. The van der Waals surface area contributed by atoms with Gasteiger partial charge in [0, 0.05) is 5.56 Å². The molecule has 0 N–H and O–H groups in total. The van der Waals surface area contributed by atoms with Crippen LogP contribution in [0.4, 0.5) is 0 Å². The van der Waals surface area contributed by atoms with E-state index in [1.807, 2.05) is 0 Å². The van der Waals surface area contributed by atoms with Gasteiger partial charge in [0.25, 0.3) is 0 Å². The number of aliphatic imine (C=N–C) groups is 1. The van der Waals surface area contributed by atoms with Crippen LogP contribution in [0.1, 0.15) is 11.1 Å². The molecule has 0 saturated heterocycles. The van der Waals surface area contributed by atoms with Crippen molar-refractivity contribution in [1.82, 2.24) is 0 Å². The first-order valence-corrected chi connectivity index (χ1v) is 8.49. The Morgan fingerprint density at radius 1 is 1.19 bits per heavy atom. The molecule has 138 valence electrons. The summed E-state index contributed by atoms with van der Waals surface area (Å²) in [5.41, 5.74) is 1.32. The zero-order valence-electron chi connectivity index (χ0n) is 14.1. The van der Waals surface area contributed by atoms with Crippen LogP contribution in [0.25, 0.3) is 6.08 Å². The number of rotatable bonds is 5. The molecule has 0 aliphatic carbocycles. The quantitative estimate of drug-likeness (QED) is 0.557. The van der Waals surface area contributed by atoms with Gasteiger partial charge >= 0.3 is 11.9 Å². The van der Waals surface area contributed by atoms with E-state index >= 15 is 0 Å². The normalized spacial score (nSPS) is 14.7. The lowest BCUT2D eigenvalue weighted by Crippen LogP contribution is -2.12. The monoisotopic (exact) mass is 405 g/mol. The predicted octanol–water partition coefficient (Wildman–Crippen LogP) is 3.89. The van der Waals surface area contributed by atoms with Gasteiger partial charge in [0.15, 0.2) is 12.3 Å². The van der Waals surface area contributed by atoms with Gasteiger partial charge in [-0.3, -0.25) is 0 Å². The summed E-state index contributed by atoms with van der Waals surface area (Å²) in [4.78, 5) is 27.5. The topological polar surface area (TPSA) is 74.2 Å². The minimum absolute atomic E-state index is 0.126. The number of esters is 2. The highest BCUT2D eigenvalue weighted by molar-refractivity contribution is 6.42. The summed E-state index contributed by atoms with van der Waals surface area (Å²) >= 11 is 11.9. The van der Waals surface area contributed by atoms with Gasteiger partial charge < -0.3 is 14.2 Å². The molecule has 0 unspecified atom stereocenters. The molecule has 0 radical (unpaired) electrons. The lowest BCUT2D eigenvalue weighted by molar-refractivity contribution is -0.142. The van der Waals surface area contributed by atoms with E-state index in [2.05, 4.69) is 9.73 Å². The Balaban J connectivity index is 1.82. The number of methoxy groups -OCH3 is 1. The number of carbonyl (C=O) groups excluding carboxylic acids is 2. The summed E-state index contributed by atoms with van der Waals surface area (Å²) in [5, 5.41) is 0.727. The summed E-state index contributed by atoms with van der Waals surface area (Å²) in [7, 11) is 1.28. The fourth-order valence-corrected chi connectivity index (χ4v) is 2.51. The molecule has 1 aliphatic heterocycles. The maximum Gasteiger partial charge on any atom is 0.363 e. The van der Waals surface area contributed by atoms with E-state index in [1.54, 1.807) is 48.5 Å². The van der Waals surface area contributed by atoms with Gasteiger partial charge in [-0.2, -0.15) is 0 Å². The summed E-state index contributed by atoms with van der Waals surface area (Å²) in [5.74, 6) is -0.483. The molecule has 0 amide bonds. The summed E-state index contributed by atoms with van der Waals surface area (Å²) < 4.78 is 15.0. The van der Waals surface area contributed by atoms with Crippen molar-refractivity contribution in [3.63, 3.8) is 0 Å². The van der Waals surface area contributed by atoms with Gasteiger partial charge in [-0.1, -0.05) is 35.3 Å². The number of cyclic esters (lactones) is 1. The molecule has 2 aromatic rings. The molecule has 1 heterocycles. The van der Waals surface area contributed by atoms with Gasteiger partial charge in [0.2, 0.25) is 5.90 Å².